The van der Waals surface area contributed by atoms with Gasteiger partial charge in [0.15, 0.2) is 0 Å². The molecule has 0 saturated heterocycles. The van der Waals surface area contributed by atoms with Crippen LogP contribution in [0, 0.1) is 17.3 Å². The van der Waals surface area contributed by atoms with Gasteiger partial charge in [-0.1, -0.05) is 13.8 Å². The third-order valence-corrected chi connectivity index (χ3v) is 5.31. The van der Waals surface area contributed by atoms with E-state index < -0.39 is 0 Å². The highest BCUT2D eigenvalue weighted by atomic mass is 32.2. The number of fused-ring (bicyclic) bond motifs is 2. The van der Waals surface area contributed by atoms with Gasteiger partial charge in [-0.3, -0.25) is 0 Å². The first-order chi connectivity index (χ1) is 6.00. The van der Waals surface area contributed by atoms with Gasteiger partial charge in [-0.2, -0.15) is 11.8 Å². The van der Waals surface area contributed by atoms with Crippen molar-refractivity contribution in [3.8, 4) is 0 Å². The van der Waals surface area contributed by atoms with Crippen molar-refractivity contribution in [2.75, 3.05) is 12.0 Å². The second kappa shape index (κ2) is 2.90. The second-order valence-corrected chi connectivity index (χ2v) is 6.38. The fourth-order valence-electron chi connectivity index (χ4n) is 3.82. The second-order valence-electron chi connectivity index (χ2n) is 5.52. The Morgan fingerprint density at radius 1 is 1.38 bits per heavy atom. The summed E-state index contributed by atoms with van der Waals surface area (Å²) in [7, 11) is 0. The van der Waals surface area contributed by atoms with E-state index in [1.165, 1.54) is 19.3 Å². The van der Waals surface area contributed by atoms with E-state index in [1.807, 2.05) is 11.8 Å². The van der Waals surface area contributed by atoms with Crippen molar-refractivity contribution < 1.29 is 0 Å². The predicted octanol–water partition coefficient (Wildman–Crippen LogP) is 2.50. The summed E-state index contributed by atoms with van der Waals surface area (Å²) >= 11 is 1.91. The van der Waals surface area contributed by atoms with Crippen molar-refractivity contribution in [3.05, 3.63) is 0 Å². The molecule has 0 aromatic rings. The molecule has 2 bridgehead atoms. The maximum absolute atomic E-state index is 6.51. The molecule has 0 aromatic carbocycles. The van der Waals surface area contributed by atoms with E-state index in [4.69, 9.17) is 5.73 Å². The number of hydrogen-bond acceptors (Lipinski definition) is 2. The molecule has 2 fully saturated rings. The number of nitrogens with two attached hydrogens (primary N) is 1. The van der Waals surface area contributed by atoms with Gasteiger partial charge in [-0.15, -0.1) is 0 Å². The zero-order chi connectivity index (χ0) is 9.69. The summed E-state index contributed by atoms with van der Waals surface area (Å²) < 4.78 is 0. The van der Waals surface area contributed by atoms with Crippen molar-refractivity contribution in [2.24, 2.45) is 23.0 Å². The molecular formula is C11H21NS. The fourth-order valence-corrected chi connectivity index (χ4v) is 4.68. The van der Waals surface area contributed by atoms with Crippen molar-refractivity contribution in [3.63, 3.8) is 0 Å². The molecule has 0 radical (unpaired) electrons. The minimum absolute atomic E-state index is 0.159. The summed E-state index contributed by atoms with van der Waals surface area (Å²) in [5, 5.41) is 0. The third-order valence-electron chi connectivity index (χ3n) is 4.49. The molecule has 0 amide bonds. The van der Waals surface area contributed by atoms with Crippen LogP contribution in [-0.4, -0.2) is 17.5 Å². The summed E-state index contributed by atoms with van der Waals surface area (Å²) in [4.78, 5) is 0. The van der Waals surface area contributed by atoms with Crippen molar-refractivity contribution in [1.29, 1.82) is 0 Å². The molecule has 2 aliphatic rings. The molecule has 2 N–H and O–H groups in total. The zero-order valence-corrected chi connectivity index (χ0v) is 9.79. The van der Waals surface area contributed by atoms with Crippen molar-refractivity contribution >= 4 is 11.8 Å². The van der Waals surface area contributed by atoms with Gasteiger partial charge in [0, 0.05) is 11.3 Å². The topological polar surface area (TPSA) is 26.0 Å². The SMILES string of the molecule is CSCC1(N)CC2CCC1C2(C)C. The Labute approximate surface area is 85.8 Å². The summed E-state index contributed by atoms with van der Waals surface area (Å²) in [5.41, 5.74) is 7.19. The molecule has 2 aliphatic carbocycles. The fraction of sp³-hybridized carbons (Fsp3) is 1.00. The zero-order valence-electron chi connectivity index (χ0n) is 8.97. The highest BCUT2D eigenvalue weighted by Gasteiger charge is 2.58. The minimum atomic E-state index is 0.159. The Bertz CT molecular complexity index is 214. The maximum Gasteiger partial charge on any atom is 0.0282 e. The van der Waals surface area contributed by atoms with E-state index in [-0.39, 0.29) is 5.54 Å². The number of hydrogen-bond donors (Lipinski definition) is 1. The Balaban J connectivity index is 2.21. The standard InChI is InChI=1S/C11H21NS/c1-10(2)8-4-5-9(10)11(12,6-8)7-13-3/h8-9H,4-7,12H2,1-3H3. The molecule has 76 valence electrons. The summed E-state index contributed by atoms with van der Waals surface area (Å²) in [6.45, 7) is 4.84. The lowest BCUT2D eigenvalue weighted by Crippen LogP contribution is -2.48. The maximum atomic E-state index is 6.51. The van der Waals surface area contributed by atoms with Gasteiger partial charge in [-0.05, 0) is 42.8 Å². The van der Waals surface area contributed by atoms with Crippen LogP contribution in [0.5, 0.6) is 0 Å². The number of thioether (sulfide) groups is 1. The van der Waals surface area contributed by atoms with Crippen LogP contribution in [0.15, 0.2) is 0 Å². The Morgan fingerprint density at radius 2 is 2.08 bits per heavy atom. The van der Waals surface area contributed by atoms with Crippen LogP contribution in [0.4, 0.5) is 0 Å². The quantitative estimate of drug-likeness (QED) is 0.739. The lowest BCUT2D eigenvalue weighted by Gasteiger charge is -2.35. The lowest BCUT2D eigenvalue weighted by molar-refractivity contribution is 0.224. The molecule has 13 heavy (non-hydrogen) atoms. The Kier molecular flexibility index (Phi) is 2.20. The summed E-state index contributed by atoms with van der Waals surface area (Å²) in [6, 6.07) is 0. The molecule has 2 heteroatoms. The lowest BCUT2D eigenvalue weighted by atomic mass is 9.77. The van der Waals surface area contributed by atoms with E-state index in [1.54, 1.807) is 0 Å². The van der Waals surface area contributed by atoms with E-state index in [9.17, 15) is 0 Å². The molecule has 2 saturated carbocycles. The molecule has 3 unspecified atom stereocenters. The van der Waals surface area contributed by atoms with Crippen molar-refractivity contribution in [2.45, 2.75) is 38.6 Å². The van der Waals surface area contributed by atoms with E-state index in [0.717, 1.165) is 17.6 Å². The molecule has 3 atom stereocenters. The van der Waals surface area contributed by atoms with E-state index in [0.29, 0.717) is 5.41 Å². The van der Waals surface area contributed by atoms with Gasteiger partial charge < -0.3 is 5.73 Å². The third kappa shape index (κ3) is 1.25. The minimum Gasteiger partial charge on any atom is -0.324 e. The summed E-state index contributed by atoms with van der Waals surface area (Å²) in [5.74, 6) is 2.82. The van der Waals surface area contributed by atoms with Crippen LogP contribution < -0.4 is 5.73 Å². The van der Waals surface area contributed by atoms with Crippen LogP contribution >= 0.6 is 11.8 Å². The molecule has 1 nitrogen and oxygen atoms in total. The highest BCUT2D eigenvalue weighted by molar-refractivity contribution is 7.98. The smallest absolute Gasteiger partial charge is 0.0282 e. The van der Waals surface area contributed by atoms with E-state index >= 15 is 0 Å². The normalized spacial score (nSPS) is 47.1. The van der Waals surface area contributed by atoms with Crippen LogP contribution in [0.3, 0.4) is 0 Å². The van der Waals surface area contributed by atoms with Gasteiger partial charge in [0.2, 0.25) is 0 Å². The van der Waals surface area contributed by atoms with Gasteiger partial charge in [0.1, 0.15) is 0 Å². The molecular weight excluding hydrogens is 178 g/mol. The highest BCUT2D eigenvalue weighted by Crippen LogP contribution is 2.61. The van der Waals surface area contributed by atoms with Crippen LogP contribution in [0.25, 0.3) is 0 Å². The summed E-state index contributed by atoms with van der Waals surface area (Å²) in [6.07, 6.45) is 6.23. The first kappa shape index (κ1) is 9.85. The van der Waals surface area contributed by atoms with Gasteiger partial charge in [-0.25, -0.2) is 0 Å². The molecule has 0 heterocycles. The van der Waals surface area contributed by atoms with E-state index in [2.05, 4.69) is 20.1 Å². The Morgan fingerprint density at radius 3 is 2.46 bits per heavy atom. The molecule has 0 aromatic heterocycles. The monoisotopic (exact) mass is 199 g/mol. The average molecular weight is 199 g/mol. The first-order valence-electron chi connectivity index (χ1n) is 5.28. The van der Waals surface area contributed by atoms with Crippen LogP contribution in [0.2, 0.25) is 0 Å². The van der Waals surface area contributed by atoms with Gasteiger partial charge in [0.25, 0.3) is 0 Å². The van der Waals surface area contributed by atoms with Crippen LogP contribution in [-0.2, 0) is 0 Å². The van der Waals surface area contributed by atoms with Gasteiger partial charge in [0.05, 0.1) is 0 Å². The predicted molar refractivity (Wildman–Crippen MR) is 59.9 cm³/mol. The molecule has 2 rings (SSSR count). The van der Waals surface area contributed by atoms with Crippen LogP contribution in [0.1, 0.15) is 33.1 Å². The molecule has 0 spiro atoms. The number of rotatable bonds is 2. The van der Waals surface area contributed by atoms with Crippen molar-refractivity contribution in [1.82, 2.24) is 0 Å². The molecule has 0 aliphatic heterocycles. The Hall–Kier alpha value is 0.310. The average Bonchev–Trinajstić information content (AvgIpc) is 2.37. The largest absolute Gasteiger partial charge is 0.324 e. The first-order valence-corrected chi connectivity index (χ1v) is 6.68. The van der Waals surface area contributed by atoms with Gasteiger partial charge >= 0.3 is 0 Å².